The fourth-order valence-electron chi connectivity index (χ4n) is 15.2. The minimum Gasteiger partial charge on any atom is -0.508 e. The highest BCUT2D eigenvalue weighted by Gasteiger charge is 2.53. The number of hydrogen-bond acceptors (Lipinski definition) is 30. The van der Waals surface area contributed by atoms with Crippen molar-refractivity contribution in [1.82, 2.24) is 62.9 Å². The molecule has 11 bridgehead atoms. The predicted molar refractivity (Wildman–Crippen MR) is 440 cm³/mol. The largest absolute Gasteiger partial charge is 0.573 e. The van der Waals surface area contributed by atoms with Gasteiger partial charge in [-0.05, 0) is 139 Å². The number of phenolic OH excluding ortho intramolecular Hbond substituents is 3. The highest BCUT2D eigenvalue weighted by Crippen LogP contribution is 2.50. The number of aliphatic hydroxyl groups excluding tert-OH is 6. The third-order valence-corrected chi connectivity index (χ3v) is 22.2. The number of hydrogen-bond donors (Lipinski definition) is 22. The van der Waals surface area contributed by atoms with Crippen LogP contribution in [-0.2, 0) is 70.3 Å². The number of halogens is 5. The molecule has 42 nitrogen and oxygen atoms in total. The smallest absolute Gasteiger partial charge is 0.508 e. The number of carbonyl (C=O) groups is 10. The molecule has 0 radical (unpaired) electrons. The average molecular weight is 1850 g/mol. The second kappa shape index (κ2) is 39.9. The Morgan fingerprint density at radius 3 is 1.96 bits per heavy atom. The molecule has 24 N–H and O–H groups in total. The fourth-order valence-corrected chi connectivity index (χ4v) is 15.6. The summed E-state index contributed by atoms with van der Waals surface area (Å²) < 4.78 is 82.5. The molecule has 47 heteroatoms. The van der Waals surface area contributed by atoms with Gasteiger partial charge in [0.1, 0.15) is 107 Å². The molecule has 0 spiro atoms. The van der Waals surface area contributed by atoms with Crippen molar-refractivity contribution in [2.75, 3.05) is 25.5 Å². The summed E-state index contributed by atoms with van der Waals surface area (Å²) in [5, 5.41) is 129. The molecule has 18 atom stereocenters. The third-order valence-electron chi connectivity index (χ3n) is 21.6. The number of nitrogens with two attached hydrogens (primary N) is 2. The number of nitrogens with zero attached hydrogens (tertiary/aromatic N) is 2. The summed E-state index contributed by atoms with van der Waals surface area (Å²) >= 11 is 14.3. The Hall–Kier alpha value is -12.8. The van der Waals surface area contributed by atoms with Crippen LogP contribution < -0.4 is 94.8 Å². The molecular formula is C82H90Cl2F3N15O27. The van der Waals surface area contributed by atoms with Crippen LogP contribution in [0.5, 0.6) is 51.7 Å². The van der Waals surface area contributed by atoms with E-state index < -0.39 is 283 Å². The summed E-state index contributed by atoms with van der Waals surface area (Å²) in [6, 6.07) is 2.93. The molecule has 129 heavy (non-hydrogen) atoms. The molecular weight excluding hydrogens is 1750 g/mol. The van der Waals surface area contributed by atoms with Crippen molar-refractivity contribution in [3.8, 4) is 62.9 Å². The topological polar surface area (TPSA) is 637 Å². The first-order valence-electron chi connectivity index (χ1n) is 39.7. The van der Waals surface area contributed by atoms with Gasteiger partial charge in [0, 0.05) is 48.4 Å². The SMILES string of the molecule is CN[C@H](CC(C)C)C(=O)N[C@H]1C(=O)N[C@@H](CC(N)=O)C(=O)NC2C(=O)N[C@H]3C(=O)N[C@H](C(=O)N[C@@H](C(=O)NNC(N)=O)c4cc(O)cc(O)c4-c4cc3ccc4O)[C@H](O)c3ccc(c(Cl)c3)Oc3cc2cc(c3O[C@@H]2O[C@H](CO)[C@@H](O)[C@H](O)[C@H]2O[C@H]2C[C@](C)(NCCn3ccc(NC(=O)Cc4ccc(OC(F)(F)F)cc4)nc3=O)[C@H](O)[C@H](C)O2)Oc2ccc(cc2Cl)[C@H]1O. The van der Waals surface area contributed by atoms with E-state index in [2.05, 4.69) is 57.6 Å². The Bertz CT molecular complexity index is 5530. The number of amides is 11. The highest BCUT2D eigenvalue weighted by atomic mass is 35.5. The molecule has 2 saturated heterocycles. The monoisotopic (exact) mass is 1840 g/mol. The summed E-state index contributed by atoms with van der Waals surface area (Å²) in [5.41, 5.74) is 9.67. The molecule has 1 aromatic heterocycles. The first-order valence-corrected chi connectivity index (χ1v) is 40.5. The molecule has 7 aromatic rings. The minimum atomic E-state index is -4.95. The normalized spacial score (nSPS) is 25.5. The summed E-state index contributed by atoms with van der Waals surface area (Å²) in [6.07, 6.45) is -24.1. The molecule has 690 valence electrons. The maximum absolute atomic E-state index is 16.3. The van der Waals surface area contributed by atoms with Crippen molar-refractivity contribution in [3.63, 3.8) is 0 Å². The zero-order valence-electron chi connectivity index (χ0n) is 68.6. The number of phenols is 3. The Kier molecular flexibility index (Phi) is 29.5. The maximum Gasteiger partial charge on any atom is 0.573 e. The zero-order valence-corrected chi connectivity index (χ0v) is 70.1. The van der Waals surface area contributed by atoms with Crippen molar-refractivity contribution in [2.45, 2.75) is 176 Å². The Morgan fingerprint density at radius 1 is 0.713 bits per heavy atom. The maximum atomic E-state index is 16.3. The predicted octanol–water partition coefficient (Wildman–Crippen LogP) is 0.689. The lowest BCUT2D eigenvalue weighted by atomic mass is 9.85. The molecule has 6 aromatic carbocycles. The van der Waals surface area contributed by atoms with Crippen molar-refractivity contribution in [3.05, 3.63) is 169 Å². The van der Waals surface area contributed by atoms with Crippen LogP contribution in [0.15, 0.2) is 120 Å². The van der Waals surface area contributed by atoms with Gasteiger partial charge in [0.2, 0.25) is 59.3 Å². The van der Waals surface area contributed by atoms with E-state index in [1.807, 2.05) is 10.9 Å². The lowest BCUT2D eigenvalue weighted by molar-refractivity contribution is -0.334. The number of rotatable bonds is 21. The quantitative estimate of drug-likeness (QED) is 0.0440. The lowest BCUT2D eigenvalue weighted by Crippen LogP contribution is -2.65. The molecule has 14 rings (SSSR count). The number of benzene rings is 6. The average Bonchev–Trinajstić information content (AvgIpc) is 0.764. The second-order valence-electron chi connectivity index (χ2n) is 31.4. The van der Waals surface area contributed by atoms with E-state index in [4.69, 9.17) is 63.1 Å². The van der Waals surface area contributed by atoms with E-state index in [9.17, 15) is 87.9 Å². The van der Waals surface area contributed by atoms with Crippen LogP contribution in [0.2, 0.25) is 10.0 Å². The molecule has 0 saturated carbocycles. The zero-order chi connectivity index (χ0) is 93.7. The van der Waals surface area contributed by atoms with E-state index in [-0.39, 0.29) is 55.2 Å². The van der Waals surface area contributed by atoms with E-state index in [0.29, 0.717) is 5.56 Å². The van der Waals surface area contributed by atoms with Crippen molar-refractivity contribution >= 4 is 88.2 Å². The standard InChI is InChI=1S/C82H90Cl2F3N15O27/c1-32(2)20-45(90-5)71(114)98-62-64(109)36-9-14-49(43(83)23-36)124-51-25-38-26-52(68(51)128-78-69(67(112)66(111)53(31-103)126-78)127-57-30-81(4,70(113)33(3)123-57)91-17-19-102-18-16-55(94-80(102)122)93-56(108)21-34-6-11-40(12-7-34)129-82(85,86)87)125-50-15-10-37(24-44(50)84)65(110)63-76(119)97-61(77(120)100-101-79(89)121)42-27-39(104)28-48(106)58(42)41-22-35(8-13-47(41)105)59(73(116)99-63)96-74(117)60(38)95-72(115)46(29-54(88)107)92-75(62)118/h6-16,18,22-28,32-33,45-46,53,57,59-67,69-70,78,90-91,103-106,109-113H,17,19-21,29-31H2,1-5H3,(H2,88,107)(H,92,118)(H,95,115)(H,96,117)(H,97,119)(H,98,114)(H,99,116)(H,100,120)(H3,89,101,121)(H,93,94,108,122)/t33-,45+,46-,53+,57-,59+,60?,61+,62+,63-,64+,65+,66+,67-,69+,70+,78-,81-/m0/s1. The van der Waals surface area contributed by atoms with Crippen LogP contribution in [-0.4, -0.2) is 220 Å². The number of urea groups is 1. The summed E-state index contributed by atoms with van der Waals surface area (Å²) in [7, 11) is 1.45. The van der Waals surface area contributed by atoms with Gasteiger partial charge >= 0.3 is 18.1 Å². The van der Waals surface area contributed by atoms with Gasteiger partial charge in [0.05, 0.1) is 47.7 Å². The second-order valence-corrected chi connectivity index (χ2v) is 32.2. The fraction of sp³-hybridized carbons (Fsp3) is 0.390. The molecule has 0 aliphatic carbocycles. The van der Waals surface area contributed by atoms with Gasteiger partial charge in [0.25, 0.3) is 5.91 Å². The molecule has 8 heterocycles. The van der Waals surface area contributed by atoms with Crippen LogP contribution in [0.3, 0.4) is 0 Å². The number of aliphatic hydroxyl groups is 6. The Balaban J connectivity index is 0.980. The number of fused-ring (bicyclic) bond motifs is 15. The molecule has 7 aliphatic heterocycles. The van der Waals surface area contributed by atoms with Gasteiger partial charge in [-0.1, -0.05) is 67.4 Å². The van der Waals surface area contributed by atoms with Gasteiger partial charge in [-0.2, -0.15) is 4.98 Å². The number of aromatic hydroxyl groups is 3. The van der Waals surface area contributed by atoms with Crippen LogP contribution in [0.1, 0.15) is 111 Å². The van der Waals surface area contributed by atoms with Crippen molar-refractivity contribution in [1.29, 1.82) is 0 Å². The highest BCUT2D eigenvalue weighted by molar-refractivity contribution is 6.32. The number of anilines is 1. The number of ether oxygens (including phenoxy) is 7. The number of carbonyl (C=O) groups excluding carboxylic acids is 10. The van der Waals surface area contributed by atoms with Crippen molar-refractivity contribution in [2.24, 2.45) is 17.4 Å². The summed E-state index contributed by atoms with van der Waals surface area (Å²) in [6.45, 7) is 5.28. The molecule has 11 amide bonds. The lowest BCUT2D eigenvalue weighted by Gasteiger charge is -2.48. The van der Waals surface area contributed by atoms with E-state index in [1.54, 1.807) is 20.8 Å². The minimum absolute atomic E-state index is 0.108. The Morgan fingerprint density at radius 2 is 1.35 bits per heavy atom. The van der Waals surface area contributed by atoms with Crippen LogP contribution in [0, 0.1) is 5.92 Å². The van der Waals surface area contributed by atoms with Crippen LogP contribution in [0.25, 0.3) is 11.1 Å². The number of primary amides is 2. The third kappa shape index (κ3) is 22.3. The number of nitrogens with one attached hydrogen (secondary N) is 11. The number of likely N-dealkylation sites (N-methyl/N-ethyl adjacent to an activating group) is 1. The van der Waals surface area contributed by atoms with Gasteiger partial charge < -0.3 is 138 Å². The van der Waals surface area contributed by atoms with Gasteiger partial charge in [-0.15, -0.1) is 13.2 Å². The van der Waals surface area contributed by atoms with Crippen LogP contribution >= 0.6 is 23.2 Å². The Labute approximate surface area is 738 Å². The first kappa shape index (κ1) is 95.3. The molecule has 2 fully saturated rings. The van der Waals surface area contributed by atoms with Crippen molar-refractivity contribution < 1.29 is 140 Å². The van der Waals surface area contributed by atoms with Gasteiger partial charge in [-0.3, -0.25) is 53.1 Å². The van der Waals surface area contributed by atoms with E-state index in [1.165, 1.54) is 44.4 Å². The summed E-state index contributed by atoms with van der Waals surface area (Å²) in [4.78, 5) is 162. The number of aromatic nitrogens is 2. The first-order chi connectivity index (χ1) is 61.0. The van der Waals surface area contributed by atoms with E-state index in [0.717, 1.165) is 89.5 Å². The van der Waals surface area contributed by atoms with Crippen LogP contribution in [0.4, 0.5) is 23.8 Å². The number of hydrazine groups is 1. The molecule has 1 unspecified atom stereocenters. The van der Waals surface area contributed by atoms with Gasteiger partial charge in [0.15, 0.2) is 23.9 Å². The van der Waals surface area contributed by atoms with Gasteiger partial charge in [-0.25, -0.2) is 15.0 Å². The molecule has 7 aliphatic rings. The van der Waals surface area contributed by atoms with E-state index >= 15 is 24.0 Å². The summed E-state index contributed by atoms with van der Waals surface area (Å²) in [5.74, 6) is -17.8. The number of alkyl halides is 3.